The lowest BCUT2D eigenvalue weighted by Crippen LogP contribution is -2.45. The summed E-state index contributed by atoms with van der Waals surface area (Å²) in [6.07, 6.45) is 5.29. The molecule has 1 aromatic carbocycles. The maximum absolute atomic E-state index is 11.9. The predicted molar refractivity (Wildman–Crippen MR) is 128 cm³/mol. The largest absolute Gasteiger partial charge is 0.489 e. The quantitative estimate of drug-likeness (QED) is 0.546. The minimum atomic E-state index is -0.232. The highest BCUT2D eigenvalue weighted by molar-refractivity contribution is 5.94. The van der Waals surface area contributed by atoms with Gasteiger partial charge in [0, 0.05) is 55.6 Å². The maximum atomic E-state index is 11.9. The molecule has 3 aromatic rings. The van der Waals surface area contributed by atoms with Crippen LogP contribution in [0.5, 0.6) is 5.75 Å². The summed E-state index contributed by atoms with van der Waals surface area (Å²) in [4.78, 5) is 18.7. The van der Waals surface area contributed by atoms with E-state index in [4.69, 9.17) is 9.47 Å². The third-order valence-electron chi connectivity index (χ3n) is 6.45. The van der Waals surface area contributed by atoms with E-state index in [1.165, 1.54) is 11.8 Å². The normalized spacial score (nSPS) is 17.8. The summed E-state index contributed by atoms with van der Waals surface area (Å²) >= 11 is 0. The molecule has 1 saturated heterocycles. The highest BCUT2D eigenvalue weighted by Gasteiger charge is 2.28. The number of fused-ring (bicyclic) bond motifs is 1. The molecule has 35 heavy (non-hydrogen) atoms. The first-order chi connectivity index (χ1) is 16.9. The number of ether oxygens (including phenoxy) is 2. The van der Waals surface area contributed by atoms with Crippen molar-refractivity contribution in [3.8, 4) is 17.6 Å². The summed E-state index contributed by atoms with van der Waals surface area (Å²) in [7, 11) is 0. The zero-order valence-electron chi connectivity index (χ0n) is 20.1. The van der Waals surface area contributed by atoms with Crippen LogP contribution in [0.15, 0.2) is 36.8 Å². The zero-order chi connectivity index (χ0) is 24.5. The maximum Gasteiger partial charge on any atom is 0.338 e. The third-order valence-corrected chi connectivity index (χ3v) is 6.45. The Balaban J connectivity index is 1.30. The van der Waals surface area contributed by atoms with E-state index in [1.54, 1.807) is 10.7 Å². The van der Waals surface area contributed by atoms with Crippen LogP contribution in [0.25, 0.3) is 5.82 Å². The van der Waals surface area contributed by atoms with Crippen LogP contribution in [0.1, 0.15) is 58.1 Å². The first-order valence-electron chi connectivity index (χ1n) is 11.8. The molecule has 2 aliphatic heterocycles. The number of carbonyl (C=O) groups excluding carboxylic acids is 1. The molecule has 5 rings (SSSR count). The molecule has 1 atom stereocenters. The van der Waals surface area contributed by atoms with E-state index in [0.717, 1.165) is 42.9 Å². The van der Waals surface area contributed by atoms with Gasteiger partial charge in [0.25, 0.3) is 0 Å². The average molecular weight is 473 g/mol. The van der Waals surface area contributed by atoms with E-state index in [0.29, 0.717) is 29.3 Å². The van der Waals surface area contributed by atoms with Crippen LogP contribution in [0.3, 0.4) is 0 Å². The topological polar surface area (TPSA) is 105 Å². The first kappa shape index (κ1) is 23.0. The van der Waals surface area contributed by atoms with Gasteiger partial charge in [-0.05, 0) is 38.0 Å². The van der Waals surface area contributed by atoms with Crippen molar-refractivity contribution in [2.24, 2.45) is 0 Å². The van der Waals surface area contributed by atoms with Gasteiger partial charge in [-0.1, -0.05) is 6.07 Å². The minimum Gasteiger partial charge on any atom is -0.489 e. The first-order valence-corrected chi connectivity index (χ1v) is 11.8. The van der Waals surface area contributed by atoms with Gasteiger partial charge >= 0.3 is 5.97 Å². The number of pyridine rings is 1. The van der Waals surface area contributed by atoms with Crippen molar-refractivity contribution in [3.05, 3.63) is 70.2 Å². The Hall–Kier alpha value is -3.74. The Morgan fingerprint density at radius 2 is 2.20 bits per heavy atom. The van der Waals surface area contributed by atoms with Gasteiger partial charge in [-0.2, -0.15) is 10.4 Å². The molecule has 1 fully saturated rings. The van der Waals surface area contributed by atoms with Crippen molar-refractivity contribution in [2.75, 3.05) is 19.6 Å². The van der Waals surface area contributed by atoms with Crippen LogP contribution in [-0.2, 0) is 17.9 Å². The number of benzene rings is 1. The Morgan fingerprint density at radius 3 is 3.00 bits per heavy atom. The van der Waals surface area contributed by atoms with Crippen LogP contribution in [0.2, 0.25) is 0 Å². The number of piperazine rings is 1. The van der Waals surface area contributed by atoms with Crippen molar-refractivity contribution in [3.63, 3.8) is 0 Å². The second-order valence-corrected chi connectivity index (χ2v) is 9.23. The fraction of sp³-hybridized carbons (Fsp3) is 0.385. The summed E-state index contributed by atoms with van der Waals surface area (Å²) in [5, 5.41) is 17.4. The summed E-state index contributed by atoms with van der Waals surface area (Å²) in [6, 6.07) is 7.99. The number of rotatable bonds is 6. The number of carbonyl (C=O) groups is 1. The molecule has 9 heteroatoms. The summed E-state index contributed by atoms with van der Waals surface area (Å²) in [5.41, 5.74) is 5.51. The van der Waals surface area contributed by atoms with Crippen molar-refractivity contribution >= 4 is 5.97 Å². The van der Waals surface area contributed by atoms with Gasteiger partial charge in [0.15, 0.2) is 5.82 Å². The van der Waals surface area contributed by atoms with E-state index in [2.05, 4.69) is 33.3 Å². The number of nitrogens with zero attached hydrogens (tertiary/aromatic N) is 5. The predicted octanol–water partition coefficient (Wildman–Crippen LogP) is 3.05. The minimum absolute atomic E-state index is 0.0477. The summed E-state index contributed by atoms with van der Waals surface area (Å²) < 4.78 is 12.7. The molecule has 0 unspecified atom stereocenters. The molecule has 4 heterocycles. The number of aromatic nitrogens is 3. The number of nitriles is 1. The molecule has 1 N–H and O–H groups in total. The van der Waals surface area contributed by atoms with Crippen LogP contribution in [0.4, 0.5) is 0 Å². The smallest absolute Gasteiger partial charge is 0.338 e. The molecule has 0 radical (unpaired) electrons. The molecule has 0 spiro atoms. The van der Waals surface area contributed by atoms with E-state index in [1.807, 2.05) is 38.4 Å². The summed E-state index contributed by atoms with van der Waals surface area (Å²) in [5.74, 6) is 0.880. The van der Waals surface area contributed by atoms with Gasteiger partial charge in [0.1, 0.15) is 24.0 Å². The van der Waals surface area contributed by atoms with Crippen molar-refractivity contribution in [2.45, 2.75) is 46.1 Å². The number of hydrogen-bond donors (Lipinski definition) is 1. The summed E-state index contributed by atoms with van der Waals surface area (Å²) in [6.45, 7) is 9.68. The van der Waals surface area contributed by atoms with Crippen LogP contribution in [-0.4, -0.2) is 51.4 Å². The van der Waals surface area contributed by atoms with E-state index < -0.39 is 0 Å². The van der Waals surface area contributed by atoms with Crippen molar-refractivity contribution < 1.29 is 14.3 Å². The monoisotopic (exact) mass is 472 g/mol. The lowest BCUT2D eigenvalue weighted by molar-refractivity contribution is 0.0535. The van der Waals surface area contributed by atoms with Crippen molar-refractivity contribution in [1.82, 2.24) is 25.0 Å². The SMILES string of the molecule is Cc1c([C@@H]2CN(Cc3cnn(-c4cc(OC(C)C)c(C#N)cn4)c3)CCN2)ccc2c1COC2=O. The number of esters is 1. The molecule has 0 amide bonds. The molecule has 2 aliphatic rings. The van der Waals surface area contributed by atoms with Gasteiger partial charge in [-0.3, -0.25) is 4.90 Å². The Bertz CT molecular complexity index is 1310. The lowest BCUT2D eigenvalue weighted by Gasteiger charge is -2.34. The van der Waals surface area contributed by atoms with Gasteiger partial charge in [0.05, 0.1) is 24.1 Å². The highest BCUT2D eigenvalue weighted by atomic mass is 16.5. The molecule has 2 aromatic heterocycles. The highest BCUT2D eigenvalue weighted by Crippen LogP contribution is 2.30. The van der Waals surface area contributed by atoms with E-state index in [-0.39, 0.29) is 18.1 Å². The van der Waals surface area contributed by atoms with Crippen LogP contribution < -0.4 is 10.1 Å². The standard InChI is InChI=1S/C26H28N6O3/c1-16(2)35-24-8-25(29-11-19(24)9-27)32-13-18(10-30-32)12-31-7-6-28-23(14-31)20-4-5-21-22(17(20)3)15-34-26(21)33/h4-5,8,10-11,13,16,23,28H,6-7,12,14-15H2,1-3H3/t23-/m0/s1. The second kappa shape index (κ2) is 9.49. The van der Waals surface area contributed by atoms with E-state index >= 15 is 0 Å². The molecular formula is C26H28N6O3. The number of cyclic esters (lactones) is 1. The average Bonchev–Trinajstić information content (AvgIpc) is 3.46. The zero-order valence-corrected chi connectivity index (χ0v) is 20.1. The van der Waals surface area contributed by atoms with Crippen LogP contribution in [0, 0.1) is 18.3 Å². The Labute approximate surface area is 204 Å². The van der Waals surface area contributed by atoms with Crippen molar-refractivity contribution in [1.29, 1.82) is 5.26 Å². The Kier molecular flexibility index (Phi) is 6.24. The fourth-order valence-corrected chi connectivity index (χ4v) is 4.72. The van der Waals surface area contributed by atoms with Gasteiger partial charge in [0.2, 0.25) is 0 Å². The third kappa shape index (κ3) is 4.63. The number of nitrogens with one attached hydrogen (secondary N) is 1. The molecule has 0 aliphatic carbocycles. The molecule has 180 valence electrons. The van der Waals surface area contributed by atoms with Crippen LogP contribution >= 0.6 is 0 Å². The molecule has 0 bridgehead atoms. The Morgan fingerprint density at radius 1 is 1.34 bits per heavy atom. The van der Waals surface area contributed by atoms with Gasteiger partial charge < -0.3 is 14.8 Å². The molecule has 9 nitrogen and oxygen atoms in total. The van der Waals surface area contributed by atoms with Gasteiger partial charge in [-0.15, -0.1) is 0 Å². The van der Waals surface area contributed by atoms with Gasteiger partial charge in [-0.25, -0.2) is 14.5 Å². The fourth-order valence-electron chi connectivity index (χ4n) is 4.72. The number of hydrogen-bond acceptors (Lipinski definition) is 8. The molecular weight excluding hydrogens is 444 g/mol. The molecule has 0 saturated carbocycles. The second-order valence-electron chi connectivity index (χ2n) is 9.23. The lowest BCUT2D eigenvalue weighted by atomic mass is 9.93. The van der Waals surface area contributed by atoms with E-state index in [9.17, 15) is 10.1 Å².